The molecule has 0 aliphatic heterocycles. The van der Waals surface area contributed by atoms with Crippen LogP contribution in [0.1, 0.15) is 25.0 Å². The summed E-state index contributed by atoms with van der Waals surface area (Å²) in [5.74, 6) is 0.702. The summed E-state index contributed by atoms with van der Waals surface area (Å²) < 4.78 is 5.44. The average Bonchev–Trinajstić information content (AvgIpc) is 2.63. The van der Waals surface area contributed by atoms with Gasteiger partial charge in [0.15, 0.2) is 12.3 Å². The standard InChI is InChI=1S/C22H28N2O3/c1-4-27-20-12-10-19(11-13-20)15-24(3)16-22(26)23-21(17(2)25)14-18-8-6-5-7-9-18/h5-13,21H,4,14-16H2,1-3H3,(H,23,26)/p+1/t21-/m1/s1. The van der Waals surface area contributed by atoms with Crippen molar-refractivity contribution in [3.05, 3.63) is 65.7 Å². The van der Waals surface area contributed by atoms with Gasteiger partial charge in [-0.3, -0.25) is 9.59 Å². The summed E-state index contributed by atoms with van der Waals surface area (Å²) in [6, 6.07) is 17.2. The molecule has 5 heteroatoms. The number of benzene rings is 2. The van der Waals surface area contributed by atoms with Crippen LogP contribution in [0.3, 0.4) is 0 Å². The molecule has 2 aromatic carbocycles. The Hall–Kier alpha value is -2.66. The largest absolute Gasteiger partial charge is 0.494 e. The molecule has 1 amide bonds. The summed E-state index contributed by atoms with van der Waals surface area (Å²) in [5.41, 5.74) is 2.17. The van der Waals surface area contributed by atoms with Crippen molar-refractivity contribution in [2.45, 2.75) is 32.9 Å². The van der Waals surface area contributed by atoms with Gasteiger partial charge in [0.1, 0.15) is 12.3 Å². The van der Waals surface area contributed by atoms with E-state index in [1.807, 2.05) is 68.6 Å². The summed E-state index contributed by atoms with van der Waals surface area (Å²) >= 11 is 0. The second-order valence-corrected chi connectivity index (χ2v) is 6.81. The lowest BCUT2D eigenvalue weighted by Gasteiger charge is -2.18. The topological polar surface area (TPSA) is 59.8 Å². The third-order valence-electron chi connectivity index (χ3n) is 4.31. The number of Topliss-reactive ketones (excluding diaryl/α,β-unsaturated/α-hetero) is 1. The SMILES string of the molecule is CCOc1ccc(C[NH+](C)CC(=O)N[C@H](Cc2ccccc2)C(C)=O)cc1. The van der Waals surface area contributed by atoms with Crippen LogP contribution in [0, 0.1) is 0 Å². The van der Waals surface area contributed by atoms with E-state index in [1.165, 1.54) is 6.92 Å². The molecule has 0 radical (unpaired) electrons. The molecular formula is C22H29N2O3+. The number of hydrogen-bond donors (Lipinski definition) is 2. The van der Waals surface area contributed by atoms with E-state index in [0.717, 1.165) is 28.3 Å². The monoisotopic (exact) mass is 369 g/mol. The predicted octanol–water partition coefficient (Wildman–Crippen LogP) is 1.42. The molecule has 0 heterocycles. The summed E-state index contributed by atoms with van der Waals surface area (Å²) in [7, 11) is 1.97. The van der Waals surface area contributed by atoms with Crippen LogP contribution in [0.4, 0.5) is 0 Å². The Morgan fingerprint density at radius 1 is 1.04 bits per heavy atom. The molecular weight excluding hydrogens is 340 g/mol. The lowest BCUT2D eigenvalue weighted by atomic mass is 10.0. The Balaban J connectivity index is 1.85. The van der Waals surface area contributed by atoms with Gasteiger partial charge in [-0.1, -0.05) is 30.3 Å². The van der Waals surface area contributed by atoms with Crippen LogP contribution in [0.2, 0.25) is 0 Å². The highest BCUT2D eigenvalue weighted by Gasteiger charge is 2.19. The molecule has 0 spiro atoms. The second-order valence-electron chi connectivity index (χ2n) is 6.81. The van der Waals surface area contributed by atoms with Crippen LogP contribution in [-0.4, -0.2) is 37.9 Å². The predicted molar refractivity (Wildman–Crippen MR) is 106 cm³/mol. The molecule has 5 nitrogen and oxygen atoms in total. The van der Waals surface area contributed by atoms with Crippen molar-refractivity contribution in [3.63, 3.8) is 0 Å². The van der Waals surface area contributed by atoms with Gasteiger partial charge in [0.25, 0.3) is 5.91 Å². The fraction of sp³-hybridized carbons (Fsp3) is 0.364. The minimum absolute atomic E-state index is 0.0311. The van der Waals surface area contributed by atoms with Gasteiger partial charge < -0.3 is 15.0 Å². The molecule has 2 atom stereocenters. The Bertz CT molecular complexity index is 729. The number of ether oxygens (including phenoxy) is 1. The highest BCUT2D eigenvalue weighted by molar-refractivity contribution is 5.88. The van der Waals surface area contributed by atoms with Crippen molar-refractivity contribution in [3.8, 4) is 5.75 Å². The van der Waals surface area contributed by atoms with Crippen molar-refractivity contribution in [2.24, 2.45) is 0 Å². The minimum Gasteiger partial charge on any atom is -0.494 e. The van der Waals surface area contributed by atoms with E-state index in [2.05, 4.69) is 5.32 Å². The Labute approximate surface area is 161 Å². The summed E-state index contributed by atoms with van der Waals surface area (Å²) in [4.78, 5) is 25.4. The molecule has 0 bridgehead atoms. The van der Waals surface area contributed by atoms with E-state index < -0.39 is 6.04 Å². The smallest absolute Gasteiger partial charge is 0.275 e. The number of likely N-dealkylation sites (N-methyl/N-ethyl adjacent to an activating group) is 1. The van der Waals surface area contributed by atoms with E-state index in [4.69, 9.17) is 4.74 Å². The molecule has 0 aliphatic rings. The maximum absolute atomic E-state index is 12.4. The number of amides is 1. The van der Waals surface area contributed by atoms with Gasteiger partial charge in [0, 0.05) is 5.56 Å². The van der Waals surface area contributed by atoms with Gasteiger partial charge in [-0.05, 0) is 50.1 Å². The van der Waals surface area contributed by atoms with Gasteiger partial charge in [0.2, 0.25) is 0 Å². The molecule has 1 unspecified atom stereocenters. The van der Waals surface area contributed by atoms with Crippen LogP contribution >= 0.6 is 0 Å². The minimum atomic E-state index is -0.488. The molecule has 2 N–H and O–H groups in total. The van der Waals surface area contributed by atoms with Gasteiger partial charge in [-0.2, -0.15) is 0 Å². The van der Waals surface area contributed by atoms with Crippen molar-refractivity contribution in [1.82, 2.24) is 5.32 Å². The van der Waals surface area contributed by atoms with E-state index in [0.29, 0.717) is 19.6 Å². The fourth-order valence-electron chi connectivity index (χ4n) is 2.95. The van der Waals surface area contributed by atoms with Crippen molar-refractivity contribution in [1.29, 1.82) is 0 Å². The molecule has 2 aromatic rings. The number of rotatable bonds is 10. The van der Waals surface area contributed by atoms with E-state index in [-0.39, 0.29) is 11.7 Å². The fourth-order valence-corrected chi connectivity index (χ4v) is 2.95. The zero-order valence-corrected chi connectivity index (χ0v) is 16.3. The summed E-state index contributed by atoms with van der Waals surface area (Å²) in [5, 5.41) is 2.88. The first kappa shape index (κ1) is 20.6. The maximum Gasteiger partial charge on any atom is 0.275 e. The maximum atomic E-state index is 12.4. The molecule has 144 valence electrons. The van der Waals surface area contributed by atoms with Crippen LogP contribution in [0.25, 0.3) is 0 Å². The Morgan fingerprint density at radius 3 is 2.30 bits per heavy atom. The van der Waals surface area contributed by atoms with E-state index in [1.54, 1.807) is 0 Å². The van der Waals surface area contributed by atoms with Gasteiger partial charge >= 0.3 is 0 Å². The van der Waals surface area contributed by atoms with Crippen LogP contribution in [-0.2, 0) is 22.6 Å². The quantitative estimate of drug-likeness (QED) is 0.666. The number of carbonyl (C=O) groups excluding carboxylic acids is 2. The summed E-state index contributed by atoms with van der Waals surface area (Å²) in [6.45, 7) is 5.15. The van der Waals surface area contributed by atoms with Crippen LogP contribution < -0.4 is 15.0 Å². The molecule has 2 rings (SSSR count). The van der Waals surface area contributed by atoms with E-state index >= 15 is 0 Å². The molecule has 0 saturated heterocycles. The Morgan fingerprint density at radius 2 is 1.70 bits per heavy atom. The highest BCUT2D eigenvalue weighted by atomic mass is 16.5. The summed E-state index contributed by atoms with van der Waals surface area (Å²) in [6.07, 6.45) is 0.514. The van der Waals surface area contributed by atoms with Gasteiger partial charge in [-0.15, -0.1) is 0 Å². The third-order valence-corrected chi connectivity index (χ3v) is 4.31. The van der Waals surface area contributed by atoms with Crippen molar-refractivity contribution < 1.29 is 19.2 Å². The third kappa shape index (κ3) is 7.23. The van der Waals surface area contributed by atoms with Gasteiger partial charge in [0.05, 0.1) is 19.7 Å². The van der Waals surface area contributed by atoms with Crippen LogP contribution in [0.5, 0.6) is 5.75 Å². The van der Waals surface area contributed by atoms with Crippen LogP contribution in [0.15, 0.2) is 54.6 Å². The number of carbonyl (C=O) groups is 2. The molecule has 0 fully saturated rings. The zero-order chi connectivity index (χ0) is 19.6. The first-order chi connectivity index (χ1) is 13.0. The molecule has 0 aliphatic carbocycles. The zero-order valence-electron chi connectivity index (χ0n) is 16.3. The normalized spacial score (nSPS) is 12.9. The second kappa shape index (κ2) is 10.5. The Kier molecular flexibility index (Phi) is 8.01. The molecule has 0 saturated carbocycles. The van der Waals surface area contributed by atoms with Crippen molar-refractivity contribution in [2.75, 3.05) is 20.2 Å². The molecule has 0 aromatic heterocycles. The lowest BCUT2D eigenvalue weighted by Crippen LogP contribution is -3.09. The first-order valence-electron chi connectivity index (χ1n) is 9.34. The number of hydrogen-bond acceptors (Lipinski definition) is 3. The number of quaternary nitrogens is 1. The van der Waals surface area contributed by atoms with Crippen molar-refractivity contribution >= 4 is 11.7 Å². The highest BCUT2D eigenvalue weighted by Crippen LogP contribution is 2.11. The van der Waals surface area contributed by atoms with E-state index in [9.17, 15) is 9.59 Å². The number of ketones is 1. The first-order valence-corrected chi connectivity index (χ1v) is 9.34. The number of nitrogens with one attached hydrogen (secondary N) is 2. The average molecular weight is 369 g/mol. The van der Waals surface area contributed by atoms with Gasteiger partial charge in [-0.25, -0.2) is 0 Å². The lowest BCUT2D eigenvalue weighted by molar-refractivity contribution is -0.885. The molecule has 27 heavy (non-hydrogen) atoms.